The fraction of sp³-hybridized carbons (Fsp3) is 0.0476. The molecule has 0 amide bonds. The summed E-state index contributed by atoms with van der Waals surface area (Å²) in [4.78, 5) is 8.45. The lowest BCUT2D eigenvalue weighted by Gasteiger charge is -2.11. The average Bonchev–Trinajstić information content (AvgIpc) is 3.26. The van der Waals surface area contributed by atoms with Crippen molar-refractivity contribution in [2.45, 2.75) is 11.8 Å². The smallest absolute Gasteiger partial charge is 0.262 e. The number of benzene rings is 2. The summed E-state index contributed by atoms with van der Waals surface area (Å²) >= 11 is 5.95. The summed E-state index contributed by atoms with van der Waals surface area (Å²) < 4.78 is 35.5. The minimum Gasteiger partial charge on any atom is -0.439 e. The van der Waals surface area contributed by atoms with Crippen molar-refractivity contribution in [3.8, 4) is 17.4 Å². The fourth-order valence-corrected chi connectivity index (χ4v) is 4.37. The summed E-state index contributed by atoms with van der Waals surface area (Å²) in [5.74, 6) is 1.55. The molecule has 0 aliphatic heterocycles. The van der Waals surface area contributed by atoms with E-state index in [0.717, 1.165) is 0 Å². The predicted octanol–water partition coefficient (Wildman–Crippen LogP) is 4.82. The van der Waals surface area contributed by atoms with E-state index in [0.29, 0.717) is 33.7 Å². The molecule has 0 aliphatic carbocycles. The first-order valence-electron chi connectivity index (χ1n) is 8.93. The van der Waals surface area contributed by atoms with Crippen LogP contribution in [-0.4, -0.2) is 23.0 Å². The third-order valence-electron chi connectivity index (χ3n) is 4.27. The van der Waals surface area contributed by atoms with Crippen molar-refractivity contribution in [3.63, 3.8) is 0 Å². The molecule has 0 aliphatic rings. The summed E-state index contributed by atoms with van der Waals surface area (Å²) in [6.45, 7) is 1.71. The second-order valence-corrected chi connectivity index (χ2v) is 8.53. The lowest BCUT2D eigenvalue weighted by Crippen LogP contribution is -2.14. The summed E-state index contributed by atoms with van der Waals surface area (Å²) in [6, 6.07) is 16.8. The van der Waals surface area contributed by atoms with Gasteiger partial charge in [0.25, 0.3) is 10.0 Å². The number of hydrogen-bond donors (Lipinski definition) is 1. The van der Waals surface area contributed by atoms with Gasteiger partial charge in [0.1, 0.15) is 17.9 Å². The number of aromatic nitrogens is 3. The van der Waals surface area contributed by atoms with E-state index >= 15 is 0 Å². The number of anilines is 1. The van der Waals surface area contributed by atoms with Gasteiger partial charge in [0.05, 0.1) is 4.90 Å². The number of rotatable bonds is 6. The Labute approximate surface area is 179 Å². The number of sulfonamides is 1. The third kappa shape index (κ3) is 4.45. The van der Waals surface area contributed by atoms with Crippen LogP contribution in [0.2, 0.25) is 5.02 Å². The highest BCUT2D eigenvalue weighted by molar-refractivity contribution is 7.92. The Morgan fingerprint density at radius 3 is 2.47 bits per heavy atom. The zero-order valence-electron chi connectivity index (χ0n) is 15.9. The van der Waals surface area contributed by atoms with E-state index < -0.39 is 10.0 Å². The highest BCUT2D eigenvalue weighted by Gasteiger charge is 2.17. The maximum absolute atomic E-state index is 12.7. The Hall–Kier alpha value is -3.36. The van der Waals surface area contributed by atoms with Crippen molar-refractivity contribution in [2.75, 3.05) is 4.72 Å². The van der Waals surface area contributed by atoms with Crippen molar-refractivity contribution in [3.05, 3.63) is 90.0 Å². The summed E-state index contributed by atoms with van der Waals surface area (Å²) in [6.07, 6.45) is 5.16. The summed E-state index contributed by atoms with van der Waals surface area (Å²) in [5, 5.41) is 0.355. The van der Waals surface area contributed by atoms with Crippen LogP contribution in [0.15, 0.2) is 84.3 Å². The van der Waals surface area contributed by atoms with Gasteiger partial charge in [-0.1, -0.05) is 17.7 Å². The Morgan fingerprint density at radius 1 is 1.00 bits per heavy atom. The average molecular weight is 441 g/mol. The molecule has 0 saturated heterocycles. The van der Waals surface area contributed by atoms with E-state index in [9.17, 15) is 8.42 Å². The van der Waals surface area contributed by atoms with Gasteiger partial charge in [-0.15, -0.1) is 0 Å². The van der Waals surface area contributed by atoms with Crippen LogP contribution in [-0.2, 0) is 10.0 Å². The number of hydrogen-bond acceptors (Lipinski definition) is 5. The minimum atomic E-state index is -3.77. The molecule has 0 bridgehead atoms. The van der Waals surface area contributed by atoms with Crippen LogP contribution in [0.3, 0.4) is 0 Å². The van der Waals surface area contributed by atoms with Gasteiger partial charge in [-0.25, -0.2) is 18.4 Å². The van der Waals surface area contributed by atoms with Gasteiger partial charge >= 0.3 is 0 Å². The summed E-state index contributed by atoms with van der Waals surface area (Å²) in [7, 11) is -3.77. The zero-order valence-corrected chi connectivity index (χ0v) is 17.4. The van der Waals surface area contributed by atoms with Crippen LogP contribution in [0, 0.1) is 6.92 Å². The molecule has 1 N–H and O–H groups in total. The van der Waals surface area contributed by atoms with Crippen LogP contribution in [0.25, 0.3) is 5.82 Å². The van der Waals surface area contributed by atoms with Gasteiger partial charge in [-0.2, -0.15) is 0 Å². The van der Waals surface area contributed by atoms with Gasteiger partial charge < -0.3 is 9.30 Å². The van der Waals surface area contributed by atoms with Crippen molar-refractivity contribution < 1.29 is 13.2 Å². The van der Waals surface area contributed by atoms with Gasteiger partial charge in [0, 0.05) is 29.2 Å². The Morgan fingerprint density at radius 2 is 1.73 bits per heavy atom. The quantitative estimate of drug-likeness (QED) is 0.464. The van der Waals surface area contributed by atoms with E-state index in [4.69, 9.17) is 16.3 Å². The Balaban J connectivity index is 1.50. The number of ether oxygens (including phenoxy) is 1. The molecule has 2 heterocycles. The van der Waals surface area contributed by atoms with E-state index in [2.05, 4.69) is 14.7 Å². The number of nitrogens with zero attached hydrogens (tertiary/aromatic N) is 3. The van der Waals surface area contributed by atoms with Crippen molar-refractivity contribution >= 4 is 27.3 Å². The van der Waals surface area contributed by atoms with Gasteiger partial charge in [0.2, 0.25) is 5.88 Å². The fourth-order valence-electron chi connectivity index (χ4n) is 2.80. The van der Waals surface area contributed by atoms with Crippen molar-refractivity contribution in [1.82, 2.24) is 14.5 Å². The topological polar surface area (TPSA) is 86.1 Å². The van der Waals surface area contributed by atoms with E-state index in [1.165, 1.54) is 12.4 Å². The predicted molar refractivity (Wildman–Crippen MR) is 115 cm³/mol. The number of aryl methyl sites for hydroxylation is 1. The molecule has 0 spiro atoms. The highest BCUT2D eigenvalue weighted by Crippen LogP contribution is 2.26. The molecule has 152 valence electrons. The first kappa shape index (κ1) is 19.9. The molecule has 4 aromatic rings. The molecule has 0 saturated carbocycles. The molecule has 4 rings (SSSR count). The van der Waals surface area contributed by atoms with Gasteiger partial charge in [-0.3, -0.25) is 4.72 Å². The van der Waals surface area contributed by atoms with Crippen molar-refractivity contribution in [2.24, 2.45) is 0 Å². The van der Waals surface area contributed by atoms with E-state index in [-0.39, 0.29) is 4.90 Å². The standard InChI is InChI=1S/C21H17ClN4O3S/c1-15-4-5-16(22)12-19(15)30(27,28)25-17-6-8-18(9-7-17)29-21-13-20(23-14-24-21)26-10-2-3-11-26/h2-14,25H,1H3. The molecule has 7 nitrogen and oxygen atoms in total. The van der Waals surface area contributed by atoms with Crippen LogP contribution < -0.4 is 9.46 Å². The van der Waals surface area contributed by atoms with Crippen LogP contribution in [0.4, 0.5) is 5.69 Å². The minimum absolute atomic E-state index is 0.133. The first-order chi connectivity index (χ1) is 14.4. The second-order valence-electron chi connectivity index (χ2n) is 6.45. The molecule has 0 unspecified atom stereocenters. The first-order valence-corrected chi connectivity index (χ1v) is 10.8. The third-order valence-corrected chi connectivity index (χ3v) is 6.02. The lowest BCUT2D eigenvalue weighted by molar-refractivity contribution is 0.461. The molecular formula is C21H17ClN4O3S. The van der Waals surface area contributed by atoms with Crippen LogP contribution in [0.5, 0.6) is 11.6 Å². The molecule has 9 heteroatoms. The molecular weight excluding hydrogens is 424 g/mol. The van der Waals surface area contributed by atoms with Crippen LogP contribution >= 0.6 is 11.6 Å². The second kappa shape index (κ2) is 8.17. The Bertz CT molecular complexity index is 1270. The van der Waals surface area contributed by atoms with Gasteiger partial charge in [0.15, 0.2) is 0 Å². The number of nitrogens with one attached hydrogen (secondary N) is 1. The largest absolute Gasteiger partial charge is 0.439 e. The Kier molecular flexibility index (Phi) is 5.43. The highest BCUT2D eigenvalue weighted by atomic mass is 35.5. The van der Waals surface area contributed by atoms with Crippen molar-refractivity contribution in [1.29, 1.82) is 0 Å². The summed E-state index contributed by atoms with van der Waals surface area (Å²) in [5.41, 5.74) is 1.01. The zero-order chi connectivity index (χ0) is 21.1. The molecule has 2 aromatic carbocycles. The maximum atomic E-state index is 12.7. The van der Waals surface area contributed by atoms with E-state index in [1.807, 2.05) is 29.1 Å². The molecule has 0 fully saturated rings. The maximum Gasteiger partial charge on any atom is 0.262 e. The lowest BCUT2D eigenvalue weighted by atomic mass is 10.2. The normalized spacial score (nSPS) is 11.3. The SMILES string of the molecule is Cc1ccc(Cl)cc1S(=O)(=O)Nc1ccc(Oc2cc(-n3cccc3)ncn2)cc1. The number of halogens is 1. The molecule has 2 aromatic heterocycles. The molecule has 30 heavy (non-hydrogen) atoms. The molecule has 0 atom stereocenters. The molecule has 0 radical (unpaired) electrons. The van der Waals surface area contributed by atoms with E-state index in [1.54, 1.807) is 49.4 Å². The monoisotopic (exact) mass is 440 g/mol. The van der Waals surface area contributed by atoms with Crippen LogP contribution in [0.1, 0.15) is 5.56 Å². The van der Waals surface area contributed by atoms with Gasteiger partial charge in [-0.05, 0) is 61.0 Å².